The highest BCUT2D eigenvalue weighted by Crippen LogP contribution is 2.48. The molecule has 18 heteroatoms. The average Bonchev–Trinajstić information content (AvgIpc) is 1.61. The number of anilines is 4. The highest BCUT2D eigenvalue weighted by molar-refractivity contribution is 6.51. The van der Waals surface area contributed by atoms with Crippen molar-refractivity contribution < 1.29 is 43.5 Å². The molecule has 4 unspecified atom stereocenters. The Morgan fingerprint density at radius 1 is 0.341 bits per heavy atom. The Morgan fingerprint density at radius 2 is 0.667 bits per heavy atom. The molecule has 0 aliphatic carbocycles. The van der Waals surface area contributed by atoms with Crippen LogP contribution >= 0.6 is 0 Å². The van der Waals surface area contributed by atoms with E-state index >= 15 is 0 Å². The van der Waals surface area contributed by atoms with E-state index in [1.54, 1.807) is 116 Å². The van der Waals surface area contributed by atoms with Crippen LogP contribution in [0, 0.1) is 27.7 Å². The van der Waals surface area contributed by atoms with Gasteiger partial charge in [-0.15, -0.1) is 0 Å². The van der Waals surface area contributed by atoms with Crippen molar-refractivity contribution in [3.63, 3.8) is 0 Å². The minimum atomic E-state index is -0.766. The highest BCUT2D eigenvalue weighted by atomic mass is 16.3. The van der Waals surface area contributed by atoms with Gasteiger partial charge in [-0.25, -0.2) is 19.9 Å². The van der Waals surface area contributed by atoms with Crippen molar-refractivity contribution in [2.24, 2.45) is 0 Å². The van der Waals surface area contributed by atoms with E-state index < -0.39 is 35.9 Å². The number of aliphatic hydroxyl groups is 1. The maximum atomic E-state index is 13.6. The third-order valence-electron chi connectivity index (χ3n) is 23.2. The number of rotatable bonds is 18. The quantitative estimate of drug-likeness (QED) is 0.0364. The van der Waals surface area contributed by atoms with Gasteiger partial charge in [0, 0.05) is 86.7 Å². The van der Waals surface area contributed by atoms with E-state index in [0.29, 0.717) is 90.8 Å². The van der Waals surface area contributed by atoms with E-state index in [4.69, 9.17) is 0 Å². The second-order valence-electron chi connectivity index (χ2n) is 33.9. The van der Waals surface area contributed by atoms with Gasteiger partial charge >= 0.3 is 5.91 Å². The number of carbonyl (C=O) groups is 8. The fourth-order valence-electron chi connectivity index (χ4n) is 15.9. The first-order valence-electron chi connectivity index (χ1n) is 42.1. The molecule has 4 aliphatic heterocycles. The second-order valence-corrected chi connectivity index (χ2v) is 33.9. The Balaban J connectivity index is 0.000000152. The zero-order valence-corrected chi connectivity index (χ0v) is 73.4. The van der Waals surface area contributed by atoms with Crippen molar-refractivity contribution in [2.45, 2.75) is 166 Å². The topological polar surface area (TPSA) is 234 Å². The molecule has 8 aromatic carbocycles. The molecule has 1 saturated heterocycles. The Bertz CT molecular complexity index is 5960. The number of carbonyl (C=O) groups excluding carboxylic acids is 8. The van der Waals surface area contributed by atoms with Crippen LogP contribution in [0.1, 0.15) is 236 Å². The van der Waals surface area contributed by atoms with Crippen molar-refractivity contribution in [1.82, 2.24) is 24.9 Å². The predicted molar refractivity (Wildman–Crippen MR) is 499 cm³/mol. The number of hydrogen-bond donors (Lipinski definition) is 1. The van der Waals surface area contributed by atoms with Gasteiger partial charge in [-0.3, -0.25) is 62.9 Å². The molecule has 16 rings (SSSR count). The number of ketones is 4. The fourth-order valence-corrected chi connectivity index (χ4v) is 15.9. The molecule has 1 fully saturated rings. The summed E-state index contributed by atoms with van der Waals surface area (Å²) in [6, 6.07) is 75.6. The van der Waals surface area contributed by atoms with Crippen LogP contribution in [0.2, 0.25) is 0 Å². The lowest BCUT2D eigenvalue weighted by Crippen LogP contribution is -2.32. The molecule has 4 aromatic heterocycles. The van der Waals surface area contributed by atoms with Crippen LogP contribution < -0.4 is 19.6 Å². The van der Waals surface area contributed by atoms with Gasteiger partial charge in [0.2, 0.25) is 5.95 Å². The smallest absolute Gasteiger partial charge is 0.301 e. The van der Waals surface area contributed by atoms with Crippen LogP contribution in [0.4, 0.5) is 23.3 Å². The molecule has 0 radical (unpaired) electrons. The summed E-state index contributed by atoms with van der Waals surface area (Å²) >= 11 is 0. The highest BCUT2D eigenvalue weighted by Gasteiger charge is 2.49. The normalized spacial score (nSPS) is 16.7. The first-order chi connectivity index (χ1) is 59.8. The van der Waals surface area contributed by atoms with Crippen molar-refractivity contribution in [1.29, 1.82) is 0 Å². The largest absolute Gasteiger partial charge is 0.507 e. The summed E-state index contributed by atoms with van der Waals surface area (Å²) in [5.41, 5.74) is 18.3. The number of nitrogens with zero attached hydrogens (tertiary/aromatic N) is 9. The Hall–Kier alpha value is -14.4. The maximum absolute atomic E-state index is 13.6. The first kappa shape index (κ1) is 90.8. The number of aliphatic hydroxyl groups excluding tert-OH is 1. The minimum Gasteiger partial charge on any atom is -0.507 e. The van der Waals surface area contributed by atoms with E-state index in [9.17, 15) is 43.5 Å². The van der Waals surface area contributed by atoms with Crippen molar-refractivity contribution in [3.8, 4) is 0 Å². The predicted octanol–water partition coefficient (Wildman–Crippen LogP) is 22.7. The van der Waals surface area contributed by atoms with Crippen LogP contribution in [-0.2, 0) is 29.4 Å². The molecule has 4 aliphatic rings. The van der Waals surface area contributed by atoms with Crippen LogP contribution in [0.5, 0.6) is 0 Å². The summed E-state index contributed by atoms with van der Waals surface area (Å²) in [5.74, 6) is -0.277. The molecule has 638 valence electrons. The fraction of sp³-hybridized carbons (Fsp3) is 0.231. The van der Waals surface area contributed by atoms with E-state index in [2.05, 4.69) is 124 Å². The van der Waals surface area contributed by atoms with E-state index in [-0.39, 0.29) is 65.2 Å². The number of aromatic nitrogens is 5. The van der Waals surface area contributed by atoms with E-state index in [1.807, 2.05) is 191 Å². The molecular formula is C108H107N9O9. The summed E-state index contributed by atoms with van der Waals surface area (Å²) in [6.07, 6.45) is 9.79. The molecule has 8 heterocycles. The van der Waals surface area contributed by atoms with Gasteiger partial charge in [-0.1, -0.05) is 298 Å². The minimum absolute atomic E-state index is 0. The monoisotopic (exact) mass is 1670 g/mol. The Kier molecular flexibility index (Phi) is 28.1. The third-order valence-corrected chi connectivity index (χ3v) is 23.2. The summed E-state index contributed by atoms with van der Waals surface area (Å²) < 4.78 is 0. The van der Waals surface area contributed by atoms with Gasteiger partial charge in [0.1, 0.15) is 17.4 Å². The van der Waals surface area contributed by atoms with Crippen molar-refractivity contribution in [3.05, 3.63) is 414 Å². The second kappa shape index (κ2) is 39.0. The lowest BCUT2D eigenvalue weighted by molar-refractivity contribution is -0.132. The van der Waals surface area contributed by atoms with Crippen LogP contribution in [-0.4, -0.2) is 76.8 Å². The van der Waals surface area contributed by atoms with Gasteiger partial charge in [0.05, 0.1) is 41.6 Å². The van der Waals surface area contributed by atoms with Crippen molar-refractivity contribution >= 4 is 75.8 Å². The van der Waals surface area contributed by atoms with E-state index in [0.717, 1.165) is 50.1 Å². The van der Waals surface area contributed by atoms with Crippen molar-refractivity contribution in [2.75, 3.05) is 19.6 Å². The average molecular weight is 1680 g/mol. The lowest BCUT2D eigenvalue weighted by Gasteiger charge is -2.27. The molecular weight excluding hydrogens is 1570 g/mol. The molecule has 0 saturated carbocycles. The van der Waals surface area contributed by atoms with Gasteiger partial charge in [0.25, 0.3) is 23.5 Å². The zero-order chi connectivity index (χ0) is 89.4. The maximum Gasteiger partial charge on any atom is 0.301 e. The summed E-state index contributed by atoms with van der Waals surface area (Å²) in [7, 11) is 0. The Labute approximate surface area is 738 Å². The zero-order valence-electron chi connectivity index (χ0n) is 73.4. The van der Waals surface area contributed by atoms with Crippen LogP contribution in [0.15, 0.2) is 325 Å². The van der Waals surface area contributed by atoms with Crippen LogP contribution in [0.25, 0.3) is 5.76 Å². The number of aryl methyl sites for hydroxylation is 4. The Morgan fingerprint density at radius 3 is 1.02 bits per heavy atom. The first-order valence-corrected chi connectivity index (χ1v) is 42.1. The summed E-state index contributed by atoms with van der Waals surface area (Å²) in [4.78, 5) is 135. The molecule has 12 aromatic rings. The molecule has 4 amide bonds. The number of amides is 4. The third kappa shape index (κ3) is 19.2. The van der Waals surface area contributed by atoms with Gasteiger partial charge < -0.3 is 5.11 Å². The standard InChI is InChI=1S/C28H28N2O2.C27H26N2O2.C26H25N3O2.C26H24N2O3.CH4/c1-18-9-11-21(12-10-18)26(31)24-19(2)27(32)30(23-8-6-7-17-29-23)25(24)20-13-15-22(16-14-20)28(3,4)5;1-17(2)20-11-13-21(14-12-20)25-24(26(30)22-9-7-18(3)8-10-22)19(4)27(31)29(25)23-6-5-15-28-16-23;1-16(2)19-10-12-20(13-11-19)23-22(24(30)21-8-6-17(3)7-9-21)18(4)25(31)29(23)26-27-14-5-15-28-26;1-16(2)18-11-13-19(14-12-18)23-22(24(29)20-9-7-17(3)8-10-20)25(30)26(31)28(23)21-6-4-5-15-27-21;/h6-17,25H,1-5H3;5-17,25H,1-4H3;5-16,23H,1-4H3;4-16,23,29H,1-3H3;1H4. The molecule has 0 spiro atoms. The molecule has 4 atom stereocenters. The summed E-state index contributed by atoms with van der Waals surface area (Å²) in [6.45, 7) is 32.3. The molecule has 18 nitrogen and oxygen atoms in total. The van der Waals surface area contributed by atoms with Gasteiger partial charge in [-0.05, 0) is 159 Å². The van der Waals surface area contributed by atoms with Gasteiger partial charge in [-0.2, -0.15) is 0 Å². The molecule has 1 N–H and O–H groups in total. The number of pyridine rings is 3. The summed E-state index contributed by atoms with van der Waals surface area (Å²) in [5, 5.41) is 11.1. The van der Waals surface area contributed by atoms with E-state index in [1.165, 1.54) is 26.5 Å². The van der Waals surface area contributed by atoms with Crippen LogP contribution in [0.3, 0.4) is 0 Å². The SMILES string of the molecule is C.CC1=C(C(=O)c2ccc(C)cc2)C(c2ccc(C(C)(C)C)cc2)N(c2ccccn2)C1=O.CC1=C(C(=O)c2ccc(C)cc2)C(c2ccc(C(C)C)cc2)N(c2cccnc2)C1=O.CC1=C(C(=O)c2ccc(C)cc2)C(c2ccc(C(C)C)cc2)N(c2ncccn2)C1=O.Cc1ccc(C(O)=C2C(=O)C(=O)N(c3ccccn3)C2c2ccc(C(C)C)cc2)cc1. The number of benzene rings is 8. The van der Waals surface area contributed by atoms with Gasteiger partial charge in [0.15, 0.2) is 17.3 Å². The molecule has 126 heavy (non-hydrogen) atoms. The lowest BCUT2D eigenvalue weighted by atomic mass is 9.85. The number of Topliss-reactive ketones (excluding diaryl/α,β-unsaturated/α-hetero) is 4. The number of hydrogen-bond acceptors (Lipinski definition) is 14. The molecule has 0 bridgehead atoms.